The third-order valence-corrected chi connectivity index (χ3v) is 7.39. The number of hydrogen-bond acceptors (Lipinski definition) is 4. The molecule has 1 N–H and O–H groups in total. The Hall–Kier alpha value is -3.10. The van der Waals surface area contributed by atoms with Gasteiger partial charge in [0.25, 0.3) is 0 Å². The molecule has 0 unspecified atom stereocenters. The first-order valence-corrected chi connectivity index (χ1v) is 13.3. The fourth-order valence-corrected chi connectivity index (χ4v) is 4.79. The molecule has 2 heterocycles. The molecule has 0 bridgehead atoms. The molecule has 1 aromatic heterocycles. The molecule has 4 rings (SSSR count). The first-order valence-electron chi connectivity index (χ1n) is 13.0. The summed E-state index contributed by atoms with van der Waals surface area (Å²) in [5.74, 6) is 0.615. The van der Waals surface area contributed by atoms with E-state index < -0.39 is 0 Å². The molecule has 0 spiro atoms. The van der Waals surface area contributed by atoms with Gasteiger partial charge in [-0.3, -0.25) is 0 Å². The summed E-state index contributed by atoms with van der Waals surface area (Å²) < 4.78 is 16.0. The number of aromatic nitrogens is 2. The summed E-state index contributed by atoms with van der Waals surface area (Å²) in [7, 11) is 0. The van der Waals surface area contributed by atoms with Gasteiger partial charge in [0, 0.05) is 48.5 Å². The van der Waals surface area contributed by atoms with Crippen molar-refractivity contribution in [2.75, 3.05) is 42.9 Å². The number of piperazine rings is 1. The lowest BCUT2D eigenvalue weighted by Crippen LogP contribution is -2.47. The number of likely N-dealkylation sites (N-methyl/N-ethyl adjacent to an activating group) is 1. The number of carbonyl (C=O) groups excluding carboxylic acids is 1. The van der Waals surface area contributed by atoms with Crippen molar-refractivity contribution in [1.29, 1.82) is 0 Å². The van der Waals surface area contributed by atoms with Crippen molar-refractivity contribution in [3.05, 3.63) is 70.6 Å². The molecule has 2 aromatic carbocycles. The summed E-state index contributed by atoms with van der Waals surface area (Å²) in [6, 6.07) is 13.4. The zero-order valence-electron chi connectivity index (χ0n) is 22.0. The molecule has 1 aliphatic heterocycles. The van der Waals surface area contributed by atoms with Gasteiger partial charge in [0.2, 0.25) is 0 Å². The van der Waals surface area contributed by atoms with Crippen LogP contribution < -0.4 is 10.2 Å². The Labute approximate surface area is 223 Å². The summed E-state index contributed by atoms with van der Waals surface area (Å²) in [5.41, 5.74) is 3.15. The van der Waals surface area contributed by atoms with Gasteiger partial charge in [-0.1, -0.05) is 31.5 Å². The number of anilines is 2. The van der Waals surface area contributed by atoms with Crippen LogP contribution in [0.1, 0.15) is 38.4 Å². The highest BCUT2D eigenvalue weighted by Gasteiger charge is 2.29. The van der Waals surface area contributed by atoms with Gasteiger partial charge in [0.1, 0.15) is 11.6 Å². The molecule has 1 saturated heterocycles. The lowest BCUT2D eigenvalue weighted by molar-refractivity contribution is 0.187. The molecule has 0 radical (unpaired) electrons. The first kappa shape index (κ1) is 26.9. The smallest absolute Gasteiger partial charge is 0.322 e. The number of benzene rings is 2. The molecular weight excluding hydrogens is 491 g/mol. The topological polar surface area (TPSA) is 56.6 Å². The van der Waals surface area contributed by atoms with Gasteiger partial charge in [-0.2, -0.15) is 5.10 Å². The van der Waals surface area contributed by atoms with Gasteiger partial charge in [-0.25, -0.2) is 13.9 Å². The van der Waals surface area contributed by atoms with Crippen LogP contribution in [0.4, 0.5) is 20.7 Å². The number of nitrogens with zero attached hydrogens (tertiary/aromatic N) is 5. The fourth-order valence-electron chi connectivity index (χ4n) is 4.67. The maximum Gasteiger partial charge on any atom is 0.322 e. The Morgan fingerprint density at radius 1 is 1.14 bits per heavy atom. The number of urea groups is 1. The van der Waals surface area contributed by atoms with Crippen LogP contribution in [0.15, 0.2) is 48.5 Å². The van der Waals surface area contributed by atoms with E-state index in [-0.39, 0.29) is 17.9 Å². The average molecular weight is 527 g/mol. The molecule has 1 fully saturated rings. The quantitative estimate of drug-likeness (QED) is 0.394. The Morgan fingerprint density at radius 3 is 2.46 bits per heavy atom. The van der Waals surface area contributed by atoms with Gasteiger partial charge in [-0.15, -0.1) is 0 Å². The molecule has 1 atom stereocenters. The molecule has 0 saturated carbocycles. The second-order valence-corrected chi connectivity index (χ2v) is 9.96. The number of halogens is 2. The molecule has 3 aromatic rings. The van der Waals surface area contributed by atoms with E-state index in [1.165, 1.54) is 12.1 Å². The molecule has 1 aliphatic rings. The van der Waals surface area contributed by atoms with E-state index in [0.29, 0.717) is 22.9 Å². The van der Waals surface area contributed by atoms with E-state index in [1.54, 1.807) is 30.3 Å². The number of carbonyl (C=O) groups is 1. The second-order valence-electron chi connectivity index (χ2n) is 9.52. The number of hydrogen-bond donors (Lipinski definition) is 1. The Balaban J connectivity index is 1.71. The van der Waals surface area contributed by atoms with Gasteiger partial charge in [-0.05, 0) is 69.3 Å². The zero-order valence-corrected chi connectivity index (χ0v) is 22.8. The standard InChI is InChI=1S/C28H36ClFN6O/c1-5-20(3)35(28(37)31-24-12-10-22(29)11-13-24)19-26-21(4)32-36(25-9-7-8-23(30)18-25)27(26)34-16-14-33(6-2)15-17-34/h7-13,18,20H,5-6,14-17,19H2,1-4H3,(H,31,37)/t20-/m1/s1. The summed E-state index contributed by atoms with van der Waals surface area (Å²) in [5, 5.41) is 8.48. The van der Waals surface area contributed by atoms with E-state index in [9.17, 15) is 9.18 Å². The van der Waals surface area contributed by atoms with Crippen molar-refractivity contribution >= 4 is 29.1 Å². The van der Waals surface area contributed by atoms with E-state index >= 15 is 0 Å². The molecule has 37 heavy (non-hydrogen) atoms. The molecular formula is C28H36ClFN6O. The average Bonchev–Trinajstić information content (AvgIpc) is 3.23. The van der Waals surface area contributed by atoms with Crippen molar-refractivity contribution in [1.82, 2.24) is 19.6 Å². The first-order chi connectivity index (χ1) is 17.8. The predicted molar refractivity (Wildman–Crippen MR) is 148 cm³/mol. The Bertz CT molecular complexity index is 1210. The highest BCUT2D eigenvalue weighted by atomic mass is 35.5. The summed E-state index contributed by atoms with van der Waals surface area (Å²) in [6.07, 6.45) is 0.801. The van der Waals surface area contributed by atoms with E-state index in [4.69, 9.17) is 16.7 Å². The van der Waals surface area contributed by atoms with Crippen molar-refractivity contribution in [3.8, 4) is 5.69 Å². The minimum absolute atomic E-state index is 0.00555. The zero-order chi connectivity index (χ0) is 26.5. The van der Waals surface area contributed by atoms with Crippen LogP contribution in [0.2, 0.25) is 5.02 Å². The van der Waals surface area contributed by atoms with Gasteiger partial charge >= 0.3 is 6.03 Å². The molecule has 9 heteroatoms. The lowest BCUT2D eigenvalue weighted by Gasteiger charge is -2.37. The minimum Gasteiger partial charge on any atom is -0.354 e. The van der Waals surface area contributed by atoms with Crippen molar-refractivity contribution in [2.45, 2.75) is 46.7 Å². The molecule has 7 nitrogen and oxygen atoms in total. The van der Waals surface area contributed by atoms with Gasteiger partial charge < -0.3 is 20.0 Å². The SMILES string of the molecule is CC[C@@H](C)N(Cc1c(C)nn(-c2cccc(F)c2)c1N1CCN(CC)CC1)C(=O)Nc1ccc(Cl)cc1. The fraction of sp³-hybridized carbons (Fsp3) is 0.429. The number of rotatable bonds is 8. The van der Waals surface area contributed by atoms with Crippen molar-refractivity contribution in [3.63, 3.8) is 0 Å². The van der Waals surface area contributed by atoms with Gasteiger partial charge in [0.15, 0.2) is 0 Å². The molecule has 198 valence electrons. The molecule has 0 aliphatic carbocycles. The lowest BCUT2D eigenvalue weighted by atomic mass is 10.1. The second kappa shape index (κ2) is 12.0. The minimum atomic E-state index is -0.308. The van der Waals surface area contributed by atoms with E-state index in [0.717, 1.165) is 56.2 Å². The summed E-state index contributed by atoms with van der Waals surface area (Å²) in [4.78, 5) is 20.1. The normalized spacial score (nSPS) is 15.0. The monoisotopic (exact) mass is 526 g/mol. The van der Waals surface area contributed by atoms with Gasteiger partial charge in [0.05, 0.1) is 17.9 Å². The largest absolute Gasteiger partial charge is 0.354 e. The maximum absolute atomic E-state index is 14.2. The highest BCUT2D eigenvalue weighted by molar-refractivity contribution is 6.30. The summed E-state index contributed by atoms with van der Waals surface area (Å²) in [6.45, 7) is 13.2. The van der Waals surface area contributed by atoms with Crippen LogP contribution in [0, 0.1) is 12.7 Å². The van der Waals surface area contributed by atoms with Crippen LogP contribution in [0.25, 0.3) is 5.69 Å². The van der Waals surface area contributed by atoms with E-state index in [2.05, 4.69) is 29.0 Å². The Morgan fingerprint density at radius 2 is 1.84 bits per heavy atom. The van der Waals surface area contributed by atoms with Crippen LogP contribution in [0.3, 0.4) is 0 Å². The van der Waals surface area contributed by atoms with Crippen LogP contribution in [0.5, 0.6) is 0 Å². The summed E-state index contributed by atoms with van der Waals surface area (Å²) >= 11 is 6.02. The van der Waals surface area contributed by atoms with E-state index in [1.807, 2.05) is 29.5 Å². The third-order valence-electron chi connectivity index (χ3n) is 7.14. The molecule has 2 amide bonds. The van der Waals surface area contributed by atoms with Crippen molar-refractivity contribution < 1.29 is 9.18 Å². The predicted octanol–water partition coefficient (Wildman–Crippen LogP) is 5.95. The highest BCUT2D eigenvalue weighted by Crippen LogP contribution is 2.31. The Kier molecular flexibility index (Phi) is 8.71. The number of amides is 2. The third kappa shape index (κ3) is 6.25. The van der Waals surface area contributed by atoms with Crippen LogP contribution >= 0.6 is 11.6 Å². The van der Waals surface area contributed by atoms with Crippen LogP contribution in [-0.2, 0) is 6.54 Å². The number of aryl methyl sites for hydroxylation is 1. The van der Waals surface area contributed by atoms with Crippen LogP contribution in [-0.4, -0.2) is 64.4 Å². The maximum atomic E-state index is 14.2. The number of nitrogens with one attached hydrogen (secondary N) is 1. The van der Waals surface area contributed by atoms with Crippen molar-refractivity contribution in [2.24, 2.45) is 0 Å².